The van der Waals surface area contributed by atoms with Crippen molar-refractivity contribution in [3.63, 3.8) is 0 Å². The van der Waals surface area contributed by atoms with Gasteiger partial charge in [-0.1, -0.05) is 6.92 Å². The quantitative estimate of drug-likeness (QED) is 0.630. The van der Waals surface area contributed by atoms with Crippen LogP contribution in [0.1, 0.15) is 40.5 Å². The second-order valence-electron chi connectivity index (χ2n) is 5.34. The van der Waals surface area contributed by atoms with Crippen molar-refractivity contribution < 1.29 is 4.79 Å². The molecule has 0 fully saturated rings. The van der Waals surface area contributed by atoms with Crippen molar-refractivity contribution in [1.82, 2.24) is 15.5 Å². The van der Waals surface area contributed by atoms with E-state index in [1.54, 1.807) is 0 Å². The SMILES string of the molecule is CCC(C)(C)NC(=O)C(C)N(C)CCCNC. The van der Waals surface area contributed by atoms with Gasteiger partial charge in [0.2, 0.25) is 5.91 Å². The Balaban J connectivity index is 4.11. The fourth-order valence-corrected chi connectivity index (χ4v) is 1.43. The first-order valence-electron chi connectivity index (χ1n) is 6.51. The van der Waals surface area contributed by atoms with Crippen LogP contribution in [0.2, 0.25) is 0 Å². The van der Waals surface area contributed by atoms with Crippen molar-refractivity contribution in [1.29, 1.82) is 0 Å². The molecular formula is C13H29N3O. The van der Waals surface area contributed by atoms with Crippen molar-refractivity contribution >= 4 is 5.91 Å². The van der Waals surface area contributed by atoms with Crippen LogP contribution in [-0.4, -0.2) is 49.6 Å². The lowest BCUT2D eigenvalue weighted by molar-refractivity contribution is -0.127. The van der Waals surface area contributed by atoms with Gasteiger partial charge in [-0.15, -0.1) is 0 Å². The van der Waals surface area contributed by atoms with Gasteiger partial charge in [0.05, 0.1) is 6.04 Å². The number of nitrogens with zero attached hydrogens (tertiary/aromatic N) is 1. The summed E-state index contributed by atoms with van der Waals surface area (Å²) in [5.41, 5.74) is -0.114. The summed E-state index contributed by atoms with van der Waals surface area (Å²) in [6.07, 6.45) is 2.00. The zero-order valence-electron chi connectivity index (χ0n) is 12.3. The molecular weight excluding hydrogens is 214 g/mol. The molecule has 0 bridgehead atoms. The molecule has 0 saturated heterocycles. The summed E-state index contributed by atoms with van der Waals surface area (Å²) >= 11 is 0. The standard InChI is InChI=1S/C13H29N3O/c1-7-13(3,4)15-12(17)11(2)16(6)10-8-9-14-5/h11,14H,7-10H2,1-6H3,(H,15,17). The van der Waals surface area contributed by atoms with Crippen molar-refractivity contribution in [2.24, 2.45) is 0 Å². The van der Waals surface area contributed by atoms with Gasteiger partial charge in [-0.05, 0) is 60.8 Å². The van der Waals surface area contributed by atoms with Gasteiger partial charge in [0.25, 0.3) is 0 Å². The number of nitrogens with one attached hydrogen (secondary N) is 2. The van der Waals surface area contributed by atoms with E-state index in [2.05, 4.69) is 36.3 Å². The number of hydrogen-bond donors (Lipinski definition) is 2. The number of carbonyl (C=O) groups is 1. The normalized spacial score (nSPS) is 13.8. The molecule has 0 aliphatic carbocycles. The summed E-state index contributed by atoms with van der Waals surface area (Å²) in [4.78, 5) is 14.1. The van der Waals surface area contributed by atoms with Crippen LogP contribution in [0.3, 0.4) is 0 Å². The van der Waals surface area contributed by atoms with Crippen molar-refractivity contribution in [3.8, 4) is 0 Å². The monoisotopic (exact) mass is 243 g/mol. The molecule has 102 valence electrons. The van der Waals surface area contributed by atoms with Gasteiger partial charge in [0, 0.05) is 5.54 Å². The van der Waals surface area contributed by atoms with Crippen LogP contribution in [0.4, 0.5) is 0 Å². The van der Waals surface area contributed by atoms with Crippen LogP contribution in [-0.2, 0) is 4.79 Å². The Morgan fingerprint density at radius 2 is 2.00 bits per heavy atom. The largest absolute Gasteiger partial charge is 0.350 e. The van der Waals surface area contributed by atoms with E-state index in [0.717, 1.165) is 25.9 Å². The maximum atomic E-state index is 12.0. The van der Waals surface area contributed by atoms with Crippen LogP contribution >= 0.6 is 0 Å². The topological polar surface area (TPSA) is 44.4 Å². The number of amides is 1. The van der Waals surface area contributed by atoms with Gasteiger partial charge in [0.15, 0.2) is 0 Å². The smallest absolute Gasteiger partial charge is 0.237 e. The zero-order valence-corrected chi connectivity index (χ0v) is 12.3. The molecule has 4 heteroatoms. The van der Waals surface area contributed by atoms with Crippen LogP contribution < -0.4 is 10.6 Å². The lowest BCUT2D eigenvalue weighted by Crippen LogP contribution is -2.51. The third kappa shape index (κ3) is 6.64. The minimum absolute atomic E-state index is 0.0716. The fraction of sp³-hybridized carbons (Fsp3) is 0.923. The number of carbonyl (C=O) groups excluding carboxylic acids is 1. The molecule has 0 rings (SSSR count). The first-order chi connectivity index (χ1) is 7.84. The van der Waals surface area contributed by atoms with Crippen LogP contribution in [0.15, 0.2) is 0 Å². The van der Waals surface area contributed by atoms with E-state index in [4.69, 9.17) is 0 Å². The van der Waals surface area contributed by atoms with Crippen molar-refractivity contribution in [2.45, 2.75) is 52.1 Å². The highest BCUT2D eigenvalue weighted by Gasteiger charge is 2.23. The molecule has 0 aromatic heterocycles. The molecule has 17 heavy (non-hydrogen) atoms. The molecule has 1 amide bonds. The highest BCUT2D eigenvalue weighted by molar-refractivity contribution is 5.81. The maximum Gasteiger partial charge on any atom is 0.237 e. The van der Waals surface area contributed by atoms with E-state index < -0.39 is 0 Å². The van der Waals surface area contributed by atoms with Crippen molar-refractivity contribution in [3.05, 3.63) is 0 Å². The summed E-state index contributed by atoms with van der Waals surface area (Å²) < 4.78 is 0. The molecule has 0 aromatic rings. The molecule has 0 spiro atoms. The molecule has 1 atom stereocenters. The lowest BCUT2D eigenvalue weighted by Gasteiger charge is -2.30. The highest BCUT2D eigenvalue weighted by Crippen LogP contribution is 2.08. The molecule has 4 nitrogen and oxygen atoms in total. The molecule has 0 heterocycles. The molecule has 1 unspecified atom stereocenters. The summed E-state index contributed by atoms with van der Waals surface area (Å²) in [5.74, 6) is 0.115. The number of hydrogen-bond acceptors (Lipinski definition) is 3. The van der Waals surface area contributed by atoms with E-state index in [-0.39, 0.29) is 17.5 Å². The molecule has 0 radical (unpaired) electrons. The van der Waals surface area contributed by atoms with Crippen LogP contribution in [0.25, 0.3) is 0 Å². The Kier molecular flexibility index (Phi) is 7.39. The average Bonchev–Trinajstić information content (AvgIpc) is 2.27. The summed E-state index contributed by atoms with van der Waals surface area (Å²) in [7, 11) is 3.94. The molecule has 0 aromatic carbocycles. The minimum atomic E-state index is -0.114. The second kappa shape index (κ2) is 7.67. The van der Waals surface area contributed by atoms with Gasteiger partial charge < -0.3 is 10.6 Å². The summed E-state index contributed by atoms with van der Waals surface area (Å²) in [5, 5.41) is 6.19. The molecule has 2 N–H and O–H groups in total. The predicted octanol–water partition coefficient (Wildman–Crippen LogP) is 1.22. The number of rotatable bonds is 8. The Bertz CT molecular complexity index is 229. The van der Waals surface area contributed by atoms with Gasteiger partial charge in [-0.25, -0.2) is 0 Å². The Hall–Kier alpha value is -0.610. The zero-order chi connectivity index (χ0) is 13.5. The van der Waals surface area contributed by atoms with E-state index in [1.165, 1.54) is 0 Å². The first kappa shape index (κ1) is 16.4. The Morgan fingerprint density at radius 3 is 2.47 bits per heavy atom. The Morgan fingerprint density at radius 1 is 1.41 bits per heavy atom. The lowest BCUT2D eigenvalue weighted by atomic mass is 10.0. The van der Waals surface area contributed by atoms with Gasteiger partial charge >= 0.3 is 0 Å². The summed E-state index contributed by atoms with van der Waals surface area (Å²) in [6.45, 7) is 10.1. The van der Waals surface area contributed by atoms with E-state index in [1.807, 2.05) is 21.0 Å². The summed E-state index contributed by atoms with van der Waals surface area (Å²) in [6, 6.07) is -0.0716. The molecule has 0 aliphatic heterocycles. The van der Waals surface area contributed by atoms with Gasteiger partial charge in [0.1, 0.15) is 0 Å². The molecule has 0 aliphatic rings. The van der Waals surface area contributed by atoms with Crippen LogP contribution in [0, 0.1) is 0 Å². The minimum Gasteiger partial charge on any atom is -0.350 e. The highest BCUT2D eigenvalue weighted by atomic mass is 16.2. The van der Waals surface area contributed by atoms with E-state index >= 15 is 0 Å². The predicted molar refractivity (Wildman–Crippen MR) is 73.1 cm³/mol. The van der Waals surface area contributed by atoms with Gasteiger partial charge in [-0.2, -0.15) is 0 Å². The Labute approximate surface area is 106 Å². The molecule has 0 saturated carbocycles. The van der Waals surface area contributed by atoms with Gasteiger partial charge in [-0.3, -0.25) is 9.69 Å². The van der Waals surface area contributed by atoms with Crippen molar-refractivity contribution in [2.75, 3.05) is 27.2 Å². The third-order valence-corrected chi connectivity index (χ3v) is 3.32. The average molecular weight is 243 g/mol. The maximum absolute atomic E-state index is 12.0. The fourth-order valence-electron chi connectivity index (χ4n) is 1.43. The second-order valence-corrected chi connectivity index (χ2v) is 5.34. The van der Waals surface area contributed by atoms with Crippen LogP contribution in [0.5, 0.6) is 0 Å². The first-order valence-corrected chi connectivity index (χ1v) is 6.51. The van der Waals surface area contributed by atoms with E-state index in [0.29, 0.717) is 0 Å². The number of likely N-dealkylation sites (N-methyl/N-ethyl adjacent to an activating group) is 1. The third-order valence-electron chi connectivity index (χ3n) is 3.32. The van der Waals surface area contributed by atoms with E-state index in [9.17, 15) is 4.79 Å².